The summed E-state index contributed by atoms with van der Waals surface area (Å²) in [4.78, 5) is 0.132. The van der Waals surface area contributed by atoms with Gasteiger partial charge in [-0.1, -0.05) is 55.5 Å². The number of rotatable bonds is 7. The molecule has 4 rings (SSSR count). The predicted molar refractivity (Wildman–Crippen MR) is 124 cm³/mol. The second-order valence-electron chi connectivity index (χ2n) is 8.64. The number of fused-ring (bicyclic) bond motifs is 1. The third-order valence-electron chi connectivity index (χ3n) is 6.34. The van der Waals surface area contributed by atoms with E-state index in [1.165, 1.54) is 18.2 Å². The van der Waals surface area contributed by atoms with Gasteiger partial charge in [0, 0.05) is 12.0 Å². The minimum atomic E-state index is -4.41. The molecule has 3 aromatic carbocycles. The van der Waals surface area contributed by atoms with Crippen LogP contribution in [-0.4, -0.2) is 21.1 Å². The normalized spacial score (nSPS) is 21.6. The first-order valence-corrected chi connectivity index (χ1v) is 12.8. The Hall–Kier alpha value is -2.42. The lowest BCUT2D eigenvalue weighted by Crippen LogP contribution is -2.38. The zero-order chi connectivity index (χ0) is 24.4. The van der Waals surface area contributed by atoms with Crippen LogP contribution in [0.15, 0.2) is 71.6 Å². The number of ether oxygens (including phenoxy) is 1. The molecular formula is C26H27F3O4S. The van der Waals surface area contributed by atoms with E-state index in [1.807, 2.05) is 25.1 Å². The van der Waals surface area contributed by atoms with Gasteiger partial charge in [-0.2, -0.15) is 21.6 Å². The zero-order valence-corrected chi connectivity index (χ0v) is 19.7. The lowest BCUT2D eigenvalue weighted by Gasteiger charge is -2.40. The van der Waals surface area contributed by atoms with Gasteiger partial charge < -0.3 is 4.74 Å². The first kappa shape index (κ1) is 24.7. The average molecular weight is 493 g/mol. The van der Waals surface area contributed by atoms with Crippen molar-refractivity contribution in [2.45, 2.75) is 61.8 Å². The molecule has 0 heterocycles. The predicted octanol–water partition coefficient (Wildman–Crippen LogP) is 6.83. The maximum absolute atomic E-state index is 13.1. The number of halogens is 3. The molecule has 0 unspecified atom stereocenters. The second-order valence-corrected chi connectivity index (χ2v) is 10.2. The molecule has 4 nitrogen and oxygen atoms in total. The van der Waals surface area contributed by atoms with Gasteiger partial charge in [0.1, 0.15) is 4.90 Å². The summed E-state index contributed by atoms with van der Waals surface area (Å²) in [5.74, 6) is 0. The van der Waals surface area contributed by atoms with E-state index in [0.29, 0.717) is 43.2 Å². The highest BCUT2D eigenvalue weighted by atomic mass is 32.2. The molecule has 0 N–H and O–H groups in total. The Bertz CT molecular complexity index is 1220. The van der Waals surface area contributed by atoms with E-state index in [9.17, 15) is 21.6 Å². The number of hydrogen-bond donors (Lipinski definition) is 0. The molecule has 1 saturated carbocycles. The van der Waals surface area contributed by atoms with Gasteiger partial charge in [0.15, 0.2) is 0 Å². The third kappa shape index (κ3) is 5.14. The van der Waals surface area contributed by atoms with Crippen molar-refractivity contribution in [2.75, 3.05) is 6.61 Å². The molecule has 0 spiro atoms. The van der Waals surface area contributed by atoms with E-state index < -0.39 is 33.6 Å². The summed E-state index contributed by atoms with van der Waals surface area (Å²) in [7, 11) is -3.99. The molecule has 3 aromatic rings. The Morgan fingerprint density at radius 1 is 0.941 bits per heavy atom. The van der Waals surface area contributed by atoms with Crippen LogP contribution in [-0.2, 0) is 30.8 Å². The van der Waals surface area contributed by atoms with Crippen molar-refractivity contribution in [3.8, 4) is 0 Å². The Labute approximate surface area is 197 Å². The largest absolute Gasteiger partial charge is 0.416 e. The molecule has 1 fully saturated rings. The van der Waals surface area contributed by atoms with E-state index in [-0.39, 0.29) is 4.90 Å². The Kier molecular flexibility index (Phi) is 7.03. The van der Waals surface area contributed by atoms with E-state index in [4.69, 9.17) is 8.92 Å². The van der Waals surface area contributed by atoms with Crippen molar-refractivity contribution < 1.29 is 30.5 Å². The summed E-state index contributed by atoms with van der Waals surface area (Å²) in [6.45, 7) is 2.42. The van der Waals surface area contributed by atoms with Crippen molar-refractivity contribution in [3.63, 3.8) is 0 Å². The van der Waals surface area contributed by atoms with Gasteiger partial charge in [-0.05, 0) is 61.3 Å². The van der Waals surface area contributed by atoms with Gasteiger partial charge in [-0.25, -0.2) is 0 Å². The molecule has 1 aliphatic rings. The van der Waals surface area contributed by atoms with Gasteiger partial charge in [-0.3, -0.25) is 4.18 Å². The molecule has 0 atom stereocenters. The fourth-order valence-electron chi connectivity index (χ4n) is 4.58. The van der Waals surface area contributed by atoms with Crippen LogP contribution in [0.4, 0.5) is 13.2 Å². The minimum absolute atomic E-state index is 0.132. The Morgan fingerprint density at radius 3 is 2.24 bits per heavy atom. The molecule has 8 heteroatoms. The molecule has 0 aromatic heterocycles. The van der Waals surface area contributed by atoms with Crippen LogP contribution in [0.2, 0.25) is 0 Å². The van der Waals surface area contributed by atoms with Crippen LogP contribution in [0.25, 0.3) is 10.8 Å². The second kappa shape index (κ2) is 9.68. The molecule has 182 valence electrons. The van der Waals surface area contributed by atoms with Gasteiger partial charge >= 0.3 is 6.18 Å². The zero-order valence-electron chi connectivity index (χ0n) is 18.8. The first-order chi connectivity index (χ1) is 16.1. The third-order valence-corrected chi connectivity index (χ3v) is 7.76. The Balaban J connectivity index is 1.52. The summed E-state index contributed by atoms with van der Waals surface area (Å²) in [5, 5.41) is 1.41. The van der Waals surface area contributed by atoms with Crippen LogP contribution >= 0.6 is 0 Å². The lowest BCUT2D eigenvalue weighted by atomic mass is 9.78. The summed E-state index contributed by atoms with van der Waals surface area (Å²) in [6.07, 6.45) is -2.45. The van der Waals surface area contributed by atoms with Crippen molar-refractivity contribution in [1.82, 2.24) is 0 Å². The Morgan fingerprint density at radius 2 is 1.59 bits per heavy atom. The van der Waals surface area contributed by atoms with Crippen molar-refractivity contribution in [3.05, 3.63) is 77.9 Å². The summed E-state index contributed by atoms with van der Waals surface area (Å²) in [5.41, 5.74) is -0.798. The van der Waals surface area contributed by atoms with Crippen LogP contribution in [0, 0.1) is 0 Å². The van der Waals surface area contributed by atoms with Crippen molar-refractivity contribution in [2.24, 2.45) is 0 Å². The standard InChI is InChI=1S/C26H27F3O4S/c1-2-18-32-25(20-10-12-21(13-11-20)26(27,28)29)16-14-22(15-17-25)33-34(30,31)24-9-5-7-19-6-3-4-8-23(19)24/h3-13,22H,2,14-18H2,1H3/t22-,25-. The number of benzene rings is 3. The SMILES string of the molecule is CCCO[C@]1(c2ccc(C(F)(F)F)cc2)CC[C@@H](OS(=O)(=O)c2cccc3ccccc23)CC1. The fraction of sp³-hybridized carbons (Fsp3) is 0.385. The van der Waals surface area contributed by atoms with Crippen LogP contribution in [0.3, 0.4) is 0 Å². The van der Waals surface area contributed by atoms with E-state index in [1.54, 1.807) is 18.2 Å². The first-order valence-electron chi connectivity index (χ1n) is 11.4. The summed E-state index contributed by atoms with van der Waals surface area (Å²) < 4.78 is 77.0. The monoisotopic (exact) mass is 492 g/mol. The molecule has 34 heavy (non-hydrogen) atoms. The van der Waals surface area contributed by atoms with Gasteiger partial charge in [0.05, 0.1) is 17.3 Å². The minimum Gasteiger partial charge on any atom is -0.370 e. The highest BCUT2D eigenvalue weighted by Gasteiger charge is 2.40. The molecule has 0 aliphatic heterocycles. The maximum Gasteiger partial charge on any atom is 0.416 e. The lowest BCUT2D eigenvalue weighted by molar-refractivity contribution is -0.137. The highest BCUT2D eigenvalue weighted by molar-refractivity contribution is 7.87. The van der Waals surface area contributed by atoms with Crippen molar-refractivity contribution >= 4 is 20.9 Å². The van der Waals surface area contributed by atoms with E-state index in [2.05, 4.69) is 0 Å². The number of hydrogen-bond acceptors (Lipinski definition) is 4. The smallest absolute Gasteiger partial charge is 0.370 e. The van der Waals surface area contributed by atoms with E-state index in [0.717, 1.165) is 23.9 Å². The topological polar surface area (TPSA) is 52.6 Å². The van der Waals surface area contributed by atoms with Gasteiger partial charge in [0.25, 0.3) is 10.1 Å². The van der Waals surface area contributed by atoms with Crippen molar-refractivity contribution in [1.29, 1.82) is 0 Å². The molecular weight excluding hydrogens is 465 g/mol. The van der Waals surface area contributed by atoms with Gasteiger partial charge in [0.2, 0.25) is 0 Å². The fourth-order valence-corrected chi connectivity index (χ4v) is 5.93. The van der Waals surface area contributed by atoms with E-state index >= 15 is 0 Å². The van der Waals surface area contributed by atoms with Crippen LogP contribution < -0.4 is 0 Å². The van der Waals surface area contributed by atoms with Crippen LogP contribution in [0.1, 0.15) is 50.2 Å². The molecule has 0 bridgehead atoms. The van der Waals surface area contributed by atoms with Crippen LogP contribution in [0.5, 0.6) is 0 Å². The molecule has 0 radical (unpaired) electrons. The summed E-state index contributed by atoms with van der Waals surface area (Å²) in [6, 6.07) is 17.4. The summed E-state index contributed by atoms with van der Waals surface area (Å²) >= 11 is 0. The maximum atomic E-state index is 13.1. The highest BCUT2D eigenvalue weighted by Crippen LogP contribution is 2.43. The molecule has 0 saturated heterocycles. The molecule has 0 amide bonds. The molecule has 1 aliphatic carbocycles. The number of alkyl halides is 3. The average Bonchev–Trinajstić information content (AvgIpc) is 2.83. The quantitative estimate of drug-likeness (QED) is 0.339. The van der Waals surface area contributed by atoms with Gasteiger partial charge in [-0.15, -0.1) is 0 Å².